The molecule has 6 nitrogen and oxygen atoms in total. The summed E-state index contributed by atoms with van der Waals surface area (Å²) < 4.78 is 24.2. The highest BCUT2D eigenvalue weighted by atomic mass is 32.2. The molecule has 1 aromatic heterocycles. The molecular weight excluding hydrogens is 348 g/mol. The van der Waals surface area contributed by atoms with Gasteiger partial charge in [0.15, 0.2) is 9.84 Å². The van der Waals surface area contributed by atoms with E-state index in [9.17, 15) is 8.42 Å². The molecule has 3 rings (SSSR count). The van der Waals surface area contributed by atoms with Crippen LogP contribution in [-0.2, 0) is 16.3 Å². The molecule has 1 aliphatic heterocycles. The summed E-state index contributed by atoms with van der Waals surface area (Å²) in [5, 5.41) is 6.56. The lowest BCUT2D eigenvalue weighted by Crippen LogP contribution is -2.30. The number of aryl methyl sites for hydroxylation is 1. The molecule has 1 unspecified atom stereocenters. The van der Waals surface area contributed by atoms with Gasteiger partial charge in [0.1, 0.15) is 4.90 Å². The van der Waals surface area contributed by atoms with Crippen molar-refractivity contribution in [2.75, 3.05) is 31.2 Å². The molecule has 2 heterocycles. The Kier molecular flexibility index (Phi) is 6.21. The lowest BCUT2D eigenvalue weighted by molar-refractivity contribution is 0.448. The maximum absolute atomic E-state index is 12.1. The summed E-state index contributed by atoms with van der Waals surface area (Å²) in [5.74, 6) is 0.618. The molecule has 2 aromatic rings. The Balaban J connectivity index is 1.67. The van der Waals surface area contributed by atoms with Crippen molar-refractivity contribution in [3.8, 4) is 0 Å². The summed E-state index contributed by atoms with van der Waals surface area (Å²) in [6, 6.07) is 10.3. The third kappa shape index (κ3) is 5.02. The third-order valence-corrected chi connectivity index (χ3v) is 5.75. The van der Waals surface area contributed by atoms with Gasteiger partial charge in [-0.3, -0.25) is 0 Å². The van der Waals surface area contributed by atoms with Gasteiger partial charge in [0.2, 0.25) is 5.95 Å². The molecule has 140 valence electrons. The van der Waals surface area contributed by atoms with Gasteiger partial charge in [-0.2, -0.15) is 0 Å². The van der Waals surface area contributed by atoms with Crippen LogP contribution in [0.4, 0.5) is 5.95 Å². The van der Waals surface area contributed by atoms with E-state index in [1.807, 2.05) is 18.2 Å². The first kappa shape index (κ1) is 18.8. The van der Waals surface area contributed by atoms with Crippen molar-refractivity contribution in [1.82, 2.24) is 15.3 Å². The maximum Gasteiger partial charge on any atom is 0.222 e. The summed E-state index contributed by atoms with van der Waals surface area (Å²) in [4.78, 5) is 9.04. The van der Waals surface area contributed by atoms with Crippen LogP contribution < -0.4 is 10.6 Å². The molecule has 1 atom stereocenters. The fourth-order valence-electron chi connectivity index (χ4n) is 3.27. The topological polar surface area (TPSA) is 84.0 Å². The van der Waals surface area contributed by atoms with Gasteiger partial charge in [-0.05, 0) is 37.8 Å². The fraction of sp³-hybridized carbons (Fsp3) is 0.474. The largest absolute Gasteiger partial charge is 0.354 e. The zero-order chi connectivity index (χ0) is 18.4. The van der Waals surface area contributed by atoms with Crippen LogP contribution >= 0.6 is 0 Å². The highest BCUT2D eigenvalue weighted by molar-refractivity contribution is 7.90. The Morgan fingerprint density at radius 1 is 1.27 bits per heavy atom. The summed E-state index contributed by atoms with van der Waals surface area (Å²) >= 11 is 0. The van der Waals surface area contributed by atoms with E-state index in [2.05, 4.69) is 32.7 Å². The predicted molar refractivity (Wildman–Crippen MR) is 103 cm³/mol. The van der Waals surface area contributed by atoms with Crippen LogP contribution in [0, 0.1) is 0 Å². The second-order valence-electron chi connectivity index (χ2n) is 6.77. The van der Waals surface area contributed by atoms with E-state index >= 15 is 0 Å². The molecule has 1 aliphatic rings. The van der Waals surface area contributed by atoms with Crippen LogP contribution in [0.2, 0.25) is 0 Å². The second-order valence-corrected chi connectivity index (χ2v) is 8.76. The summed E-state index contributed by atoms with van der Waals surface area (Å²) in [6.07, 6.45) is 6.58. The van der Waals surface area contributed by atoms with Gasteiger partial charge < -0.3 is 10.6 Å². The molecule has 7 heteroatoms. The third-order valence-electron chi connectivity index (χ3n) is 4.63. The number of sulfone groups is 1. The molecule has 1 fully saturated rings. The zero-order valence-electron chi connectivity index (χ0n) is 15.1. The van der Waals surface area contributed by atoms with Gasteiger partial charge >= 0.3 is 0 Å². The molecule has 0 saturated carbocycles. The van der Waals surface area contributed by atoms with Gasteiger partial charge in [0, 0.05) is 25.3 Å². The number of piperidine rings is 1. The number of nitrogens with one attached hydrogen (secondary N) is 2. The standard InChI is InChI=1S/C19H26N4O2S/c1-26(24,25)17-14-22-19(23-18(17)16-10-6-11-20-13-16)21-12-5-9-15-7-3-2-4-8-15/h2-4,7-8,14,16,20H,5-6,9-13H2,1H3,(H,21,22,23). The van der Waals surface area contributed by atoms with Crippen molar-refractivity contribution in [1.29, 1.82) is 0 Å². The normalized spacial score (nSPS) is 17.8. The maximum atomic E-state index is 12.1. The van der Waals surface area contributed by atoms with E-state index in [1.165, 1.54) is 18.0 Å². The van der Waals surface area contributed by atoms with E-state index in [4.69, 9.17) is 0 Å². The van der Waals surface area contributed by atoms with Crippen LogP contribution in [0.15, 0.2) is 41.4 Å². The number of rotatable bonds is 7. The van der Waals surface area contributed by atoms with E-state index in [1.54, 1.807) is 0 Å². The van der Waals surface area contributed by atoms with Crippen LogP contribution in [0.3, 0.4) is 0 Å². The van der Waals surface area contributed by atoms with Crippen LogP contribution in [0.1, 0.15) is 36.4 Å². The Morgan fingerprint density at radius 3 is 2.77 bits per heavy atom. The highest BCUT2D eigenvalue weighted by Crippen LogP contribution is 2.27. The second kappa shape index (κ2) is 8.60. The predicted octanol–water partition coefficient (Wildman–Crippen LogP) is 2.39. The summed E-state index contributed by atoms with van der Waals surface area (Å²) in [7, 11) is -3.34. The van der Waals surface area contributed by atoms with Gasteiger partial charge in [-0.25, -0.2) is 18.4 Å². The van der Waals surface area contributed by atoms with E-state index < -0.39 is 9.84 Å². The lowest BCUT2D eigenvalue weighted by atomic mass is 9.96. The number of aromatic nitrogens is 2. The average molecular weight is 375 g/mol. The Morgan fingerprint density at radius 2 is 2.08 bits per heavy atom. The van der Waals surface area contributed by atoms with Crippen LogP contribution in [0.5, 0.6) is 0 Å². The van der Waals surface area contributed by atoms with Gasteiger partial charge in [0.05, 0.1) is 11.9 Å². The summed E-state index contributed by atoms with van der Waals surface area (Å²) in [6.45, 7) is 2.48. The highest BCUT2D eigenvalue weighted by Gasteiger charge is 2.25. The lowest BCUT2D eigenvalue weighted by Gasteiger charge is -2.24. The molecule has 0 amide bonds. The molecule has 26 heavy (non-hydrogen) atoms. The molecule has 0 bridgehead atoms. The minimum Gasteiger partial charge on any atom is -0.354 e. The molecule has 0 radical (unpaired) electrons. The van der Waals surface area contributed by atoms with Gasteiger partial charge in [-0.15, -0.1) is 0 Å². The van der Waals surface area contributed by atoms with Crippen molar-refractivity contribution < 1.29 is 8.42 Å². The minimum atomic E-state index is -3.34. The Hall–Kier alpha value is -1.99. The van der Waals surface area contributed by atoms with E-state index in [-0.39, 0.29) is 10.8 Å². The summed E-state index contributed by atoms with van der Waals surface area (Å²) in [5.41, 5.74) is 1.94. The van der Waals surface area contributed by atoms with E-state index in [0.717, 1.165) is 45.3 Å². The van der Waals surface area contributed by atoms with Gasteiger partial charge in [-0.1, -0.05) is 30.3 Å². The van der Waals surface area contributed by atoms with Crippen LogP contribution in [-0.4, -0.2) is 44.3 Å². The molecule has 0 aliphatic carbocycles. The van der Waals surface area contributed by atoms with Gasteiger partial charge in [0.25, 0.3) is 0 Å². The molecule has 1 aromatic carbocycles. The van der Waals surface area contributed by atoms with Crippen LogP contribution in [0.25, 0.3) is 0 Å². The Bertz CT molecular complexity index is 819. The first-order chi connectivity index (χ1) is 12.5. The minimum absolute atomic E-state index is 0.112. The van der Waals surface area contributed by atoms with Crippen molar-refractivity contribution in [3.63, 3.8) is 0 Å². The molecule has 2 N–H and O–H groups in total. The molecule has 0 spiro atoms. The SMILES string of the molecule is CS(=O)(=O)c1cnc(NCCCc2ccccc2)nc1C1CCCNC1. The quantitative estimate of drug-likeness (QED) is 0.724. The number of benzene rings is 1. The number of anilines is 1. The zero-order valence-corrected chi connectivity index (χ0v) is 15.9. The van der Waals surface area contributed by atoms with Crippen molar-refractivity contribution in [2.24, 2.45) is 0 Å². The first-order valence-corrected chi connectivity index (χ1v) is 11.0. The molecular formula is C19H26N4O2S. The van der Waals surface area contributed by atoms with Crippen molar-refractivity contribution >= 4 is 15.8 Å². The molecule has 1 saturated heterocycles. The Labute approximate surface area is 155 Å². The number of nitrogens with zero attached hydrogens (tertiary/aromatic N) is 2. The first-order valence-electron chi connectivity index (χ1n) is 9.09. The number of hydrogen-bond acceptors (Lipinski definition) is 6. The van der Waals surface area contributed by atoms with Crippen molar-refractivity contribution in [3.05, 3.63) is 47.8 Å². The average Bonchev–Trinajstić information content (AvgIpc) is 2.66. The van der Waals surface area contributed by atoms with E-state index in [0.29, 0.717) is 11.6 Å². The fourth-order valence-corrected chi connectivity index (χ4v) is 4.11. The van der Waals surface area contributed by atoms with Crippen molar-refractivity contribution in [2.45, 2.75) is 36.5 Å². The number of hydrogen-bond donors (Lipinski definition) is 2. The smallest absolute Gasteiger partial charge is 0.222 e. The monoisotopic (exact) mass is 374 g/mol.